The van der Waals surface area contributed by atoms with Gasteiger partial charge in [0.15, 0.2) is 6.54 Å². The summed E-state index contributed by atoms with van der Waals surface area (Å²) in [5.74, 6) is 0.136. The fourth-order valence-electron chi connectivity index (χ4n) is 2.91. The second-order valence-electron chi connectivity index (χ2n) is 5.85. The SMILES string of the molecule is CC[NH+]1CC[NH+](CC(=O)Nc2c(C)cccc2C)CC1. The number of carbonyl (C=O) groups excluding carboxylic acids is 1. The number of amides is 1. The highest BCUT2D eigenvalue weighted by molar-refractivity contribution is 5.93. The number of nitrogens with one attached hydrogen (secondary N) is 3. The van der Waals surface area contributed by atoms with Gasteiger partial charge in [-0.1, -0.05) is 18.2 Å². The minimum absolute atomic E-state index is 0.136. The quantitative estimate of drug-likeness (QED) is 0.652. The highest BCUT2D eigenvalue weighted by Crippen LogP contribution is 2.18. The molecule has 1 aromatic carbocycles. The molecule has 1 heterocycles. The molecule has 2 rings (SSSR count). The van der Waals surface area contributed by atoms with E-state index in [2.05, 4.69) is 12.2 Å². The fourth-order valence-corrected chi connectivity index (χ4v) is 2.91. The molecular formula is C16H27N3O+2. The van der Waals surface area contributed by atoms with E-state index in [-0.39, 0.29) is 5.91 Å². The lowest BCUT2D eigenvalue weighted by atomic mass is 10.1. The Hall–Kier alpha value is -1.39. The maximum atomic E-state index is 12.2. The van der Waals surface area contributed by atoms with Gasteiger partial charge in [-0.2, -0.15) is 0 Å². The van der Waals surface area contributed by atoms with Gasteiger partial charge in [-0.25, -0.2) is 0 Å². The highest BCUT2D eigenvalue weighted by Gasteiger charge is 2.23. The van der Waals surface area contributed by atoms with E-state index < -0.39 is 0 Å². The first-order valence-corrected chi connectivity index (χ1v) is 7.63. The Morgan fingerprint density at radius 1 is 1.10 bits per heavy atom. The first-order chi connectivity index (χ1) is 9.60. The number of piperazine rings is 1. The Kier molecular flexibility index (Phi) is 5.15. The number of anilines is 1. The van der Waals surface area contributed by atoms with Crippen molar-refractivity contribution in [2.24, 2.45) is 0 Å². The van der Waals surface area contributed by atoms with Crippen LogP contribution in [-0.2, 0) is 4.79 Å². The van der Waals surface area contributed by atoms with Gasteiger partial charge < -0.3 is 15.1 Å². The monoisotopic (exact) mass is 277 g/mol. The lowest BCUT2D eigenvalue weighted by Gasteiger charge is -2.28. The van der Waals surface area contributed by atoms with Gasteiger partial charge in [0, 0.05) is 5.69 Å². The average molecular weight is 277 g/mol. The summed E-state index contributed by atoms with van der Waals surface area (Å²) < 4.78 is 0. The zero-order chi connectivity index (χ0) is 14.5. The second-order valence-corrected chi connectivity index (χ2v) is 5.85. The van der Waals surface area contributed by atoms with Gasteiger partial charge in [-0.3, -0.25) is 4.79 Å². The molecule has 110 valence electrons. The standard InChI is InChI=1S/C16H25N3O/c1-4-18-8-10-19(11-9-18)12-15(20)17-16-13(2)6-5-7-14(16)3/h5-7H,4,8-12H2,1-3H3,(H,17,20)/p+2. The van der Waals surface area contributed by atoms with E-state index in [0.717, 1.165) is 29.9 Å². The molecule has 1 amide bonds. The number of hydrogen-bond acceptors (Lipinski definition) is 1. The largest absolute Gasteiger partial charge is 0.326 e. The third-order valence-corrected chi connectivity index (χ3v) is 4.32. The maximum absolute atomic E-state index is 12.2. The molecule has 20 heavy (non-hydrogen) atoms. The molecule has 0 saturated carbocycles. The van der Waals surface area contributed by atoms with Crippen molar-refractivity contribution in [3.63, 3.8) is 0 Å². The van der Waals surface area contributed by atoms with Gasteiger partial charge in [0.25, 0.3) is 5.91 Å². The van der Waals surface area contributed by atoms with Crippen molar-refractivity contribution in [1.29, 1.82) is 0 Å². The lowest BCUT2D eigenvalue weighted by molar-refractivity contribution is -1.01. The molecule has 1 saturated heterocycles. The predicted octanol–water partition coefficient (Wildman–Crippen LogP) is -0.955. The van der Waals surface area contributed by atoms with Crippen molar-refractivity contribution in [3.05, 3.63) is 29.3 Å². The fraction of sp³-hybridized carbons (Fsp3) is 0.562. The Morgan fingerprint density at radius 3 is 2.20 bits per heavy atom. The normalized spacial score (nSPS) is 22.6. The number of quaternary nitrogens is 2. The van der Waals surface area contributed by atoms with E-state index in [4.69, 9.17) is 0 Å². The van der Waals surface area contributed by atoms with Crippen LogP contribution in [0.1, 0.15) is 18.1 Å². The number of rotatable bonds is 4. The van der Waals surface area contributed by atoms with Crippen LogP contribution in [0.2, 0.25) is 0 Å². The van der Waals surface area contributed by atoms with E-state index >= 15 is 0 Å². The number of benzene rings is 1. The van der Waals surface area contributed by atoms with Gasteiger partial charge in [0.2, 0.25) is 0 Å². The van der Waals surface area contributed by atoms with Crippen LogP contribution >= 0.6 is 0 Å². The molecular weight excluding hydrogens is 250 g/mol. The summed E-state index contributed by atoms with van der Waals surface area (Å²) in [6.07, 6.45) is 0. The van der Waals surface area contributed by atoms with Crippen LogP contribution in [-0.4, -0.2) is 45.2 Å². The van der Waals surface area contributed by atoms with Crippen molar-refractivity contribution in [3.8, 4) is 0 Å². The molecule has 4 heteroatoms. The summed E-state index contributed by atoms with van der Waals surface area (Å²) in [4.78, 5) is 15.3. The van der Waals surface area contributed by atoms with Crippen molar-refractivity contribution in [2.75, 3.05) is 44.6 Å². The Balaban J connectivity index is 1.87. The third-order valence-electron chi connectivity index (χ3n) is 4.32. The molecule has 0 unspecified atom stereocenters. The summed E-state index contributed by atoms with van der Waals surface area (Å²) >= 11 is 0. The van der Waals surface area contributed by atoms with Crippen molar-refractivity contribution < 1.29 is 14.6 Å². The van der Waals surface area contributed by atoms with E-state index in [1.54, 1.807) is 4.90 Å². The molecule has 1 fully saturated rings. The van der Waals surface area contributed by atoms with Crippen LogP contribution in [0.4, 0.5) is 5.69 Å². The molecule has 1 aliphatic heterocycles. The molecule has 0 bridgehead atoms. The molecule has 0 spiro atoms. The van der Waals surface area contributed by atoms with Crippen LogP contribution in [0, 0.1) is 13.8 Å². The van der Waals surface area contributed by atoms with Crippen molar-refractivity contribution in [1.82, 2.24) is 0 Å². The molecule has 3 N–H and O–H groups in total. The Morgan fingerprint density at radius 2 is 1.65 bits per heavy atom. The first kappa shape index (κ1) is 15.0. The summed E-state index contributed by atoms with van der Waals surface area (Å²) in [6.45, 7) is 12.7. The van der Waals surface area contributed by atoms with Crippen LogP contribution in [0.25, 0.3) is 0 Å². The topological polar surface area (TPSA) is 38.0 Å². The molecule has 1 aliphatic rings. The minimum atomic E-state index is 0.136. The first-order valence-electron chi connectivity index (χ1n) is 7.63. The van der Waals surface area contributed by atoms with Gasteiger partial charge in [-0.15, -0.1) is 0 Å². The van der Waals surface area contributed by atoms with E-state index in [1.165, 1.54) is 24.5 Å². The highest BCUT2D eigenvalue weighted by atomic mass is 16.2. The van der Waals surface area contributed by atoms with Crippen LogP contribution in [0.15, 0.2) is 18.2 Å². The van der Waals surface area contributed by atoms with Crippen molar-refractivity contribution >= 4 is 11.6 Å². The summed E-state index contributed by atoms with van der Waals surface area (Å²) in [6, 6.07) is 6.11. The molecule has 0 atom stereocenters. The second kappa shape index (κ2) is 6.86. The number of hydrogen-bond donors (Lipinski definition) is 3. The number of likely N-dealkylation sites (N-methyl/N-ethyl adjacent to an activating group) is 1. The number of para-hydroxylation sites is 1. The maximum Gasteiger partial charge on any atom is 0.279 e. The summed E-state index contributed by atoms with van der Waals surface area (Å²) in [5.41, 5.74) is 3.25. The zero-order valence-corrected chi connectivity index (χ0v) is 12.9. The van der Waals surface area contributed by atoms with E-state index in [1.807, 2.05) is 32.0 Å². The molecule has 0 aromatic heterocycles. The Labute approximate surface area is 121 Å². The summed E-state index contributed by atoms with van der Waals surface area (Å²) in [5, 5.41) is 3.08. The number of aryl methyl sites for hydroxylation is 2. The average Bonchev–Trinajstić information content (AvgIpc) is 2.44. The molecule has 0 aliphatic carbocycles. The van der Waals surface area contributed by atoms with E-state index in [0.29, 0.717) is 6.54 Å². The summed E-state index contributed by atoms with van der Waals surface area (Å²) in [7, 11) is 0. The Bertz CT molecular complexity index is 445. The predicted molar refractivity (Wildman–Crippen MR) is 81.3 cm³/mol. The molecule has 1 aromatic rings. The van der Waals surface area contributed by atoms with Crippen LogP contribution in [0.3, 0.4) is 0 Å². The van der Waals surface area contributed by atoms with Crippen molar-refractivity contribution in [2.45, 2.75) is 20.8 Å². The smallest absolute Gasteiger partial charge is 0.279 e. The van der Waals surface area contributed by atoms with Gasteiger partial charge >= 0.3 is 0 Å². The number of carbonyl (C=O) groups is 1. The molecule has 0 radical (unpaired) electrons. The van der Waals surface area contributed by atoms with Crippen LogP contribution < -0.4 is 15.1 Å². The minimum Gasteiger partial charge on any atom is -0.326 e. The van der Waals surface area contributed by atoms with Crippen LogP contribution in [0.5, 0.6) is 0 Å². The van der Waals surface area contributed by atoms with Gasteiger partial charge in [-0.05, 0) is 31.9 Å². The lowest BCUT2D eigenvalue weighted by Crippen LogP contribution is -3.28. The van der Waals surface area contributed by atoms with E-state index in [9.17, 15) is 4.79 Å². The van der Waals surface area contributed by atoms with Gasteiger partial charge in [0.1, 0.15) is 26.2 Å². The third kappa shape index (κ3) is 3.81. The zero-order valence-electron chi connectivity index (χ0n) is 12.9. The molecule has 4 nitrogen and oxygen atoms in total. The van der Waals surface area contributed by atoms with Gasteiger partial charge in [0.05, 0.1) is 6.54 Å².